The SMILES string of the molecule is NCC1(n2cc(-c3ncnc4[nH]ccc34)cn2)CN(C2CCN(CF)CC2)C1. The predicted octanol–water partition coefficient (Wildman–Crippen LogP) is 1.18. The van der Waals surface area contributed by atoms with Gasteiger partial charge in [-0.2, -0.15) is 5.10 Å². The summed E-state index contributed by atoms with van der Waals surface area (Å²) in [5.74, 6) is 0. The Morgan fingerprint density at radius 2 is 2.07 bits per heavy atom. The van der Waals surface area contributed by atoms with Gasteiger partial charge in [-0.25, -0.2) is 14.4 Å². The minimum Gasteiger partial charge on any atom is -0.346 e. The minimum atomic E-state index is -0.340. The van der Waals surface area contributed by atoms with E-state index in [0.29, 0.717) is 12.6 Å². The van der Waals surface area contributed by atoms with Gasteiger partial charge in [0.05, 0.1) is 11.9 Å². The average Bonchev–Trinajstić information content (AvgIpc) is 3.38. The number of nitrogens with zero attached hydrogens (tertiary/aromatic N) is 6. The average molecular weight is 384 g/mol. The van der Waals surface area contributed by atoms with E-state index in [2.05, 4.69) is 25.0 Å². The predicted molar refractivity (Wildman–Crippen MR) is 104 cm³/mol. The number of aromatic amines is 1. The van der Waals surface area contributed by atoms with Gasteiger partial charge in [0.15, 0.2) is 0 Å². The van der Waals surface area contributed by atoms with Crippen LogP contribution in [0.4, 0.5) is 4.39 Å². The minimum absolute atomic E-state index is 0.181. The molecule has 5 heterocycles. The van der Waals surface area contributed by atoms with Crippen molar-refractivity contribution in [3.05, 3.63) is 31.0 Å². The third kappa shape index (κ3) is 2.81. The van der Waals surface area contributed by atoms with Gasteiger partial charge in [-0.15, -0.1) is 0 Å². The lowest BCUT2D eigenvalue weighted by atomic mass is 9.86. The van der Waals surface area contributed by atoms with E-state index in [4.69, 9.17) is 5.73 Å². The first-order chi connectivity index (χ1) is 13.7. The number of fused-ring (bicyclic) bond motifs is 1. The molecule has 0 spiro atoms. The molecule has 0 radical (unpaired) electrons. The number of nitrogens with one attached hydrogen (secondary N) is 1. The number of hydrogen-bond acceptors (Lipinski definition) is 6. The number of rotatable bonds is 5. The monoisotopic (exact) mass is 384 g/mol. The Bertz CT molecular complexity index is 952. The van der Waals surface area contributed by atoms with Crippen molar-refractivity contribution >= 4 is 11.0 Å². The summed E-state index contributed by atoms with van der Waals surface area (Å²) in [6.07, 6.45) is 9.37. The van der Waals surface area contributed by atoms with E-state index in [9.17, 15) is 4.39 Å². The van der Waals surface area contributed by atoms with Crippen LogP contribution in [-0.4, -0.2) is 80.1 Å². The molecule has 0 atom stereocenters. The molecule has 2 fully saturated rings. The van der Waals surface area contributed by atoms with E-state index in [-0.39, 0.29) is 12.3 Å². The highest BCUT2D eigenvalue weighted by Gasteiger charge is 2.47. The van der Waals surface area contributed by atoms with Crippen molar-refractivity contribution in [1.82, 2.24) is 34.5 Å². The molecule has 148 valence electrons. The summed E-state index contributed by atoms with van der Waals surface area (Å²) in [5, 5.41) is 5.62. The van der Waals surface area contributed by atoms with Gasteiger partial charge in [0.2, 0.25) is 0 Å². The van der Waals surface area contributed by atoms with Crippen molar-refractivity contribution in [2.45, 2.75) is 24.4 Å². The normalized spacial score (nSPS) is 21.2. The van der Waals surface area contributed by atoms with Gasteiger partial charge in [0, 0.05) is 62.1 Å². The molecule has 0 aliphatic carbocycles. The molecule has 0 unspecified atom stereocenters. The Morgan fingerprint density at radius 1 is 1.25 bits per heavy atom. The molecule has 3 aromatic heterocycles. The molecule has 0 amide bonds. The summed E-state index contributed by atoms with van der Waals surface area (Å²) in [6, 6.07) is 2.49. The molecule has 0 saturated carbocycles. The summed E-state index contributed by atoms with van der Waals surface area (Å²) in [6.45, 7) is 3.63. The molecule has 28 heavy (non-hydrogen) atoms. The highest BCUT2D eigenvalue weighted by atomic mass is 19.1. The summed E-state index contributed by atoms with van der Waals surface area (Å²) in [4.78, 5) is 16.2. The lowest BCUT2D eigenvalue weighted by molar-refractivity contribution is -0.0430. The number of H-pyrrole nitrogens is 1. The Morgan fingerprint density at radius 3 is 2.82 bits per heavy atom. The van der Waals surface area contributed by atoms with Crippen LogP contribution >= 0.6 is 0 Å². The fourth-order valence-electron chi connectivity index (χ4n) is 4.55. The first-order valence-electron chi connectivity index (χ1n) is 9.78. The molecule has 2 aliphatic heterocycles. The maximum absolute atomic E-state index is 12.8. The van der Waals surface area contributed by atoms with E-state index in [1.165, 1.54) is 0 Å². The van der Waals surface area contributed by atoms with Gasteiger partial charge in [-0.1, -0.05) is 0 Å². The van der Waals surface area contributed by atoms with Gasteiger partial charge in [-0.3, -0.25) is 14.5 Å². The van der Waals surface area contributed by atoms with E-state index in [1.54, 1.807) is 6.33 Å². The van der Waals surface area contributed by atoms with Crippen LogP contribution in [0.1, 0.15) is 12.8 Å². The maximum Gasteiger partial charge on any atom is 0.143 e. The standard InChI is InChI=1S/C19H25FN8/c20-12-26-5-2-15(3-6-26)27-10-19(9-21,11-27)28-8-14(7-25-28)17-16-1-4-22-18(16)24-13-23-17/h1,4,7-8,13,15H,2-3,5-6,9-12,21H2,(H,22,23,24). The zero-order chi connectivity index (χ0) is 19.1. The molecule has 3 N–H and O–H groups in total. The Labute approximate surface area is 162 Å². The van der Waals surface area contributed by atoms with Gasteiger partial charge in [0.25, 0.3) is 0 Å². The van der Waals surface area contributed by atoms with Crippen LogP contribution in [0.25, 0.3) is 22.3 Å². The third-order valence-corrected chi connectivity index (χ3v) is 6.31. The quantitative estimate of drug-likeness (QED) is 0.642. The molecule has 2 saturated heterocycles. The molecule has 0 bridgehead atoms. The second-order valence-corrected chi connectivity index (χ2v) is 7.94. The van der Waals surface area contributed by atoms with Crippen molar-refractivity contribution < 1.29 is 4.39 Å². The van der Waals surface area contributed by atoms with Crippen molar-refractivity contribution in [2.75, 3.05) is 39.5 Å². The number of hydrogen-bond donors (Lipinski definition) is 2. The van der Waals surface area contributed by atoms with Crippen LogP contribution in [0.15, 0.2) is 31.0 Å². The summed E-state index contributed by atoms with van der Waals surface area (Å²) < 4.78 is 14.8. The van der Waals surface area contributed by atoms with Crippen LogP contribution in [0, 0.1) is 0 Å². The fourth-order valence-corrected chi connectivity index (χ4v) is 4.55. The zero-order valence-corrected chi connectivity index (χ0v) is 15.8. The first kappa shape index (κ1) is 17.7. The molecule has 9 heteroatoms. The lowest BCUT2D eigenvalue weighted by Gasteiger charge is -2.54. The van der Waals surface area contributed by atoms with Crippen molar-refractivity contribution in [3.63, 3.8) is 0 Å². The molecular formula is C19H25FN8. The van der Waals surface area contributed by atoms with Crippen LogP contribution in [0.5, 0.6) is 0 Å². The Hall–Kier alpha value is -2.36. The largest absolute Gasteiger partial charge is 0.346 e. The Balaban J connectivity index is 1.33. The van der Waals surface area contributed by atoms with E-state index >= 15 is 0 Å². The molecule has 8 nitrogen and oxygen atoms in total. The van der Waals surface area contributed by atoms with Gasteiger partial charge < -0.3 is 10.7 Å². The van der Waals surface area contributed by atoms with Gasteiger partial charge >= 0.3 is 0 Å². The second kappa shape index (κ2) is 6.91. The van der Waals surface area contributed by atoms with Crippen LogP contribution in [0.2, 0.25) is 0 Å². The van der Waals surface area contributed by atoms with Gasteiger partial charge in [-0.05, 0) is 18.9 Å². The highest BCUT2D eigenvalue weighted by molar-refractivity contribution is 5.89. The third-order valence-electron chi connectivity index (χ3n) is 6.31. The van der Waals surface area contributed by atoms with E-state index in [0.717, 1.165) is 61.3 Å². The highest BCUT2D eigenvalue weighted by Crippen LogP contribution is 2.34. The number of nitrogens with two attached hydrogens (primary N) is 1. The van der Waals surface area contributed by atoms with E-state index in [1.807, 2.05) is 34.2 Å². The zero-order valence-electron chi connectivity index (χ0n) is 15.8. The number of halogens is 1. The van der Waals surface area contributed by atoms with Crippen LogP contribution in [-0.2, 0) is 5.54 Å². The van der Waals surface area contributed by atoms with Crippen LogP contribution < -0.4 is 5.73 Å². The number of likely N-dealkylation sites (tertiary alicyclic amines) is 2. The topological polar surface area (TPSA) is 91.9 Å². The smallest absolute Gasteiger partial charge is 0.143 e. The van der Waals surface area contributed by atoms with Crippen molar-refractivity contribution in [3.8, 4) is 11.3 Å². The summed E-state index contributed by atoms with van der Waals surface area (Å²) >= 11 is 0. The van der Waals surface area contributed by atoms with Gasteiger partial charge in [0.1, 0.15) is 24.3 Å². The first-order valence-corrected chi connectivity index (χ1v) is 9.78. The Kier molecular flexibility index (Phi) is 4.37. The lowest BCUT2D eigenvalue weighted by Crippen LogP contribution is -2.69. The maximum atomic E-state index is 12.8. The molecule has 5 rings (SSSR count). The number of piperidine rings is 1. The van der Waals surface area contributed by atoms with Crippen molar-refractivity contribution in [2.24, 2.45) is 5.73 Å². The summed E-state index contributed by atoms with van der Waals surface area (Å²) in [7, 11) is 0. The summed E-state index contributed by atoms with van der Waals surface area (Å²) in [5.41, 5.74) is 8.66. The molecule has 0 aromatic carbocycles. The molecule has 3 aromatic rings. The number of alkyl halides is 1. The number of aromatic nitrogens is 5. The second-order valence-electron chi connectivity index (χ2n) is 7.94. The molecular weight excluding hydrogens is 359 g/mol. The van der Waals surface area contributed by atoms with Crippen LogP contribution in [0.3, 0.4) is 0 Å². The van der Waals surface area contributed by atoms with E-state index < -0.39 is 0 Å². The molecule has 2 aliphatic rings. The fraction of sp³-hybridized carbons (Fsp3) is 0.526. The van der Waals surface area contributed by atoms with Crippen molar-refractivity contribution in [1.29, 1.82) is 0 Å².